The average molecular weight is 494 g/mol. The van der Waals surface area contributed by atoms with Crippen LogP contribution in [-0.2, 0) is 20.9 Å². The summed E-state index contributed by atoms with van der Waals surface area (Å²) in [6, 6.07) is 17.2. The highest BCUT2D eigenvalue weighted by atomic mass is 16.6. The van der Waals surface area contributed by atoms with Crippen LogP contribution in [0, 0.1) is 5.92 Å². The van der Waals surface area contributed by atoms with Gasteiger partial charge in [0.2, 0.25) is 5.82 Å². The molecule has 0 radical (unpaired) electrons. The van der Waals surface area contributed by atoms with Crippen molar-refractivity contribution in [1.82, 2.24) is 15.0 Å². The first-order valence-electron chi connectivity index (χ1n) is 11.9. The van der Waals surface area contributed by atoms with Gasteiger partial charge in [0.15, 0.2) is 6.61 Å². The first-order valence-corrected chi connectivity index (χ1v) is 11.9. The Balaban J connectivity index is 1.46. The molecule has 1 amide bonds. The fourth-order valence-corrected chi connectivity index (χ4v) is 4.23. The third kappa shape index (κ3) is 6.41. The van der Waals surface area contributed by atoms with Crippen molar-refractivity contribution in [2.75, 3.05) is 20.2 Å². The maximum absolute atomic E-state index is 12.7. The number of likely N-dealkylation sites (tertiary alicyclic amines) is 1. The average Bonchev–Trinajstić information content (AvgIpc) is 3.50. The van der Waals surface area contributed by atoms with Gasteiger partial charge in [-0.25, -0.2) is 4.79 Å². The third-order valence-corrected chi connectivity index (χ3v) is 5.90. The number of hydrogen-bond acceptors (Lipinski definition) is 8. The van der Waals surface area contributed by atoms with Gasteiger partial charge in [0.1, 0.15) is 11.4 Å². The maximum atomic E-state index is 12.7. The molecule has 4 rings (SSSR count). The van der Waals surface area contributed by atoms with Crippen LogP contribution >= 0.6 is 0 Å². The van der Waals surface area contributed by atoms with E-state index in [1.165, 1.54) is 7.11 Å². The van der Waals surface area contributed by atoms with Gasteiger partial charge in [0.05, 0.1) is 13.5 Å². The Hall–Kier alpha value is -3.88. The van der Waals surface area contributed by atoms with Crippen LogP contribution in [0.15, 0.2) is 59.1 Å². The Morgan fingerprint density at radius 1 is 1.08 bits per heavy atom. The molecule has 0 N–H and O–H groups in total. The Morgan fingerprint density at radius 3 is 2.58 bits per heavy atom. The molecule has 1 aliphatic rings. The zero-order valence-corrected chi connectivity index (χ0v) is 21.0. The van der Waals surface area contributed by atoms with E-state index < -0.39 is 11.7 Å². The lowest BCUT2D eigenvalue weighted by Crippen LogP contribution is -2.35. The Morgan fingerprint density at radius 2 is 1.86 bits per heavy atom. The molecule has 0 unspecified atom stereocenters. The number of nitrogens with zero attached hydrogens (tertiary/aromatic N) is 3. The monoisotopic (exact) mass is 493 g/mol. The number of carbonyl (C=O) groups is 2. The van der Waals surface area contributed by atoms with Gasteiger partial charge in [-0.2, -0.15) is 4.98 Å². The molecule has 0 aliphatic carbocycles. The van der Waals surface area contributed by atoms with Crippen LogP contribution in [-0.4, -0.2) is 52.9 Å². The van der Waals surface area contributed by atoms with Crippen molar-refractivity contribution >= 4 is 12.1 Å². The van der Waals surface area contributed by atoms with Crippen molar-refractivity contribution in [2.24, 2.45) is 5.92 Å². The minimum atomic E-state index is -0.601. The maximum Gasteiger partial charge on any atom is 0.410 e. The molecular formula is C27H31N3O6. The number of amides is 1. The van der Waals surface area contributed by atoms with Gasteiger partial charge >= 0.3 is 12.1 Å². The molecule has 0 saturated carbocycles. The predicted octanol–water partition coefficient (Wildman–Crippen LogP) is 4.83. The molecule has 2 aromatic carbocycles. The highest BCUT2D eigenvalue weighted by Gasteiger charge is 2.39. The molecule has 190 valence electrons. The zero-order valence-electron chi connectivity index (χ0n) is 21.0. The number of benzene rings is 2. The minimum Gasteiger partial charge on any atom is -0.484 e. The van der Waals surface area contributed by atoms with Crippen molar-refractivity contribution < 1.29 is 28.3 Å². The van der Waals surface area contributed by atoms with E-state index in [-0.39, 0.29) is 30.8 Å². The Kier molecular flexibility index (Phi) is 7.57. The molecule has 1 saturated heterocycles. The molecule has 9 heteroatoms. The van der Waals surface area contributed by atoms with Gasteiger partial charge in [0.25, 0.3) is 5.89 Å². The molecule has 36 heavy (non-hydrogen) atoms. The van der Waals surface area contributed by atoms with E-state index in [4.69, 9.17) is 18.7 Å². The van der Waals surface area contributed by atoms with Crippen LogP contribution in [0.4, 0.5) is 4.79 Å². The number of rotatable bonds is 7. The quantitative estimate of drug-likeness (QED) is 0.431. The molecule has 0 bridgehead atoms. The van der Waals surface area contributed by atoms with E-state index in [9.17, 15) is 9.59 Å². The fraction of sp³-hybridized carbons (Fsp3) is 0.407. The Bertz CT molecular complexity index is 1190. The first kappa shape index (κ1) is 25.2. The molecule has 1 aliphatic heterocycles. The number of ether oxygens (including phenoxy) is 3. The topological polar surface area (TPSA) is 104 Å². The number of esters is 1. The van der Waals surface area contributed by atoms with Crippen LogP contribution in [0.2, 0.25) is 0 Å². The first-order chi connectivity index (χ1) is 17.2. The molecule has 3 aromatic rings. The zero-order chi connectivity index (χ0) is 25.7. The lowest BCUT2D eigenvalue weighted by atomic mass is 9.87. The number of hydrogen-bond donors (Lipinski definition) is 0. The van der Waals surface area contributed by atoms with Crippen molar-refractivity contribution in [1.29, 1.82) is 0 Å². The van der Waals surface area contributed by atoms with Gasteiger partial charge in [0, 0.05) is 24.6 Å². The van der Waals surface area contributed by atoms with E-state index in [1.54, 1.807) is 4.90 Å². The molecule has 1 fully saturated rings. The fourth-order valence-electron chi connectivity index (χ4n) is 4.23. The lowest BCUT2D eigenvalue weighted by Gasteiger charge is -2.24. The highest BCUT2D eigenvalue weighted by Crippen LogP contribution is 2.37. The lowest BCUT2D eigenvalue weighted by molar-refractivity contribution is -0.141. The van der Waals surface area contributed by atoms with Crippen LogP contribution in [0.5, 0.6) is 5.75 Å². The summed E-state index contributed by atoms with van der Waals surface area (Å²) in [7, 11) is 1.37. The van der Waals surface area contributed by atoms with Crippen molar-refractivity contribution in [3.63, 3.8) is 0 Å². The molecule has 2 heterocycles. The van der Waals surface area contributed by atoms with Crippen molar-refractivity contribution in [3.8, 4) is 17.1 Å². The number of methoxy groups -OCH3 is 1. The summed E-state index contributed by atoms with van der Waals surface area (Å²) in [6.45, 7) is 6.45. The molecule has 1 aromatic heterocycles. The summed E-state index contributed by atoms with van der Waals surface area (Å²) in [5.41, 5.74) is 1.22. The van der Waals surface area contributed by atoms with E-state index in [2.05, 4.69) is 10.1 Å². The van der Waals surface area contributed by atoms with Gasteiger partial charge in [-0.1, -0.05) is 47.6 Å². The third-order valence-electron chi connectivity index (χ3n) is 5.90. The van der Waals surface area contributed by atoms with Crippen molar-refractivity contribution in [2.45, 2.75) is 45.3 Å². The summed E-state index contributed by atoms with van der Waals surface area (Å²) in [5.74, 6) is 0.994. The second kappa shape index (κ2) is 10.8. The number of aromatic nitrogens is 2. The van der Waals surface area contributed by atoms with Gasteiger partial charge in [-0.3, -0.25) is 4.79 Å². The van der Waals surface area contributed by atoms with Crippen LogP contribution in [0.25, 0.3) is 11.4 Å². The molecule has 9 nitrogen and oxygen atoms in total. The molecule has 2 atom stereocenters. The second-order valence-electron chi connectivity index (χ2n) is 9.77. The predicted molar refractivity (Wildman–Crippen MR) is 131 cm³/mol. The van der Waals surface area contributed by atoms with E-state index in [1.807, 2.05) is 75.4 Å². The highest BCUT2D eigenvalue weighted by molar-refractivity contribution is 5.71. The van der Waals surface area contributed by atoms with Gasteiger partial charge < -0.3 is 23.6 Å². The van der Waals surface area contributed by atoms with Crippen LogP contribution in [0.1, 0.15) is 44.6 Å². The smallest absolute Gasteiger partial charge is 0.410 e. The molecule has 0 spiro atoms. The summed E-state index contributed by atoms with van der Waals surface area (Å²) in [4.78, 5) is 30.8. The minimum absolute atomic E-state index is 0.0757. The summed E-state index contributed by atoms with van der Waals surface area (Å²) >= 11 is 0. The van der Waals surface area contributed by atoms with Crippen LogP contribution in [0.3, 0.4) is 0 Å². The normalized spacial score (nSPS) is 17.6. The van der Waals surface area contributed by atoms with E-state index in [0.29, 0.717) is 30.6 Å². The van der Waals surface area contributed by atoms with Crippen LogP contribution < -0.4 is 4.74 Å². The summed E-state index contributed by atoms with van der Waals surface area (Å²) in [6.07, 6.45) is -0.187. The largest absolute Gasteiger partial charge is 0.484 e. The standard InChI is InChI=1S/C27H31N3O6/c1-27(2,3)35-26(32)30-15-20(14-24(31)33-4)22(16-30)19-11-8-12-21(13-19)34-17-23-28-25(29-36-23)18-9-6-5-7-10-18/h5-13,20,22H,14-17H2,1-4H3/t20-,22-/m0/s1. The Labute approximate surface area is 210 Å². The van der Waals surface area contributed by atoms with Crippen molar-refractivity contribution in [3.05, 3.63) is 66.1 Å². The molecular weight excluding hydrogens is 462 g/mol. The number of carbonyl (C=O) groups excluding carboxylic acids is 2. The van der Waals surface area contributed by atoms with Gasteiger partial charge in [-0.15, -0.1) is 0 Å². The summed E-state index contributed by atoms with van der Waals surface area (Å²) < 4.78 is 21.7. The van der Waals surface area contributed by atoms with E-state index >= 15 is 0 Å². The van der Waals surface area contributed by atoms with E-state index in [0.717, 1.165) is 11.1 Å². The summed E-state index contributed by atoms with van der Waals surface area (Å²) in [5, 5.41) is 4.02. The van der Waals surface area contributed by atoms with Gasteiger partial charge in [-0.05, 0) is 44.4 Å². The second-order valence-corrected chi connectivity index (χ2v) is 9.77. The SMILES string of the molecule is COC(=O)C[C@H]1CN(C(=O)OC(C)(C)C)C[C@H]1c1cccc(OCc2nc(-c3ccccc3)no2)c1.